The summed E-state index contributed by atoms with van der Waals surface area (Å²) >= 11 is -1.62. The van der Waals surface area contributed by atoms with E-state index in [1.54, 1.807) is 60.7 Å². The van der Waals surface area contributed by atoms with Gasteiger partial charge in [0.25, 0.3) is 0 Å². The Balaban J connectivity index is 0.000000202. The van der Waals surface area contributed by atoms with Crippen LogP contribution >= 0.6 is 0 Å². The van der Waals surface area contributed by atoms with Gasteiger partial charge in [-0.1, -0.05) is 137 Å². The molecule has 6 fully saturated rings. The van der Waals surface area contributed by atoms with Crippen LogP contribution in [-0.2, 0) is 49.4 Å². The molecule has 11 atom stereocenters. The second-order valence-electron chi connectivity index (χ2n) is 28.3. The molecule has 2 N–H and O–H groups in total. The van der Waals surface area contributed by atoms with Gasteiger partial charge < -0.3 is 51.9 Å². The predicted octanol–water partition coefficient (Wildman–Crippen LogP) is 12.7. The molecule has 3 spiro atoms. The molecule has 20 heteroatoms. The van der Waals surface area contributed by atoms with Crippen molar-refractivity contribution < 1.29 is 74.0 Å². The number of hydrogen-bond acceptors (Lipinski definition) is 16. The summed E-state index contributed by atoms with van der Waals surface area (Å²) in [4.78, 5) is 36.5. The maximum absolute atomic E-state index is 12.2. The first-order valence-corrected chi connectivity index (χ1v) is 40.1. The summed E-state index contributed by atoms with van der Waals surface area (Å²) in [6.45, 7) is 46.3. The number of epoxide rings is 3. The monoisotopic (exact) mass is 1310 g/mol. The van der Waals surface area contributed by atoms with E-state index in [9.17, 15) is 24.6 Å². The van der Waals surface area contributed by atoms with Gasteiger partial charge in [0.2, 0.25) is 0 Å². The van der Waals surface area contributed by atoms with Gasteiger partial charge >= 0.3 is 40.4 Å². The number of carbonyl (C=O) groups excluding carboxylic acids is 3. The fraction of sp³-hybridized carbons (Fsp3) is 0.591. The van der Waals surface area contributed by atoms with Gasteiger partial charge in [0.05, 0.1) is 41.1 Å². The van der Waals surface area contributed by atoms with Gasteiger partial charge in [-0.2, -0.15) is 0 Å². The van der Waals surface area contributed by atoms with Crippen molar-refractivity contribution in [3.63, 3.8) is 0 Å². The van der Waals surface area contributed by atoms with Gasteiger partial charge in [0.15, 0.2) is 25.0 Å². The molecule has 0 aromatic heterocycles. The normalized spacial score (nSPS) is 28.8. The number of ether oxygens (including phenoxy) is 6. The quantitative estimate of drug-likeness (QED) is 0.0475. The number of hydrogen-bond donors (Lipinski definition) is 2. The molecule has 0 radical (unpaired) electrons. The van der Waals surface area contributed by atoms with Gasteiger partial charge in [-0.3, -0.25) is 0 Å². The summed E-state index contributed by atoms with van der Waals surface area (Å²) in [6.07, 6.45) is 3.06. The molecule has 86 heavy (non-hydrogen) atoms. The van der Waals surface area contributed by atoms with E-state index in [4.69, 9.17) is 49.4 Å². The number of aliphatic hydroxyl groups is 2. The van der Waals surface area contributed by atoms with Crippen LogP contribution in [0.25, 0.3) is 0 Å². The average molecular weight is 1310 g/mol. The van der Waals surface area contributed by atoms with Crippen molar-refractivity contribution in [2.24, 2.45) is 0 Å². The SMILES string of the molecule is C=C1C(O)CC(O[Si](C)(C)C(C)(C)C)CC12OC2COC(=O)c1ccccc1.C=C1CCC(O[Si](C)(C)C(C)(C)C)CC12OC2COC(=O)c1ccccc1.C=C1[C@@H](O)CC(O[Si](C)(C)C(C)(C)C)CC12OC2COC(=O)c1ccccc1.O=[Se]=O. The molecule has 0 bridgehead atoms. The van der Waals surface area contributed by atoms with Crippen LogP contribution in [-0.4, -0.2) is 153 Å². The molecular formula is C66H96O16SeSi3. The molecule has 16 nitrogen and oxygen atoms in total. The fourth-order valence-corrected chi connectivity index (χ4v) is 14.8. The second-order valence-corrected chi connectivity index (χ2v) is 42.8. The molecule has 3 aliphatic heterocycles. The second kappa shape index (κ2) is 27.9. The Kier molecular flexibility index (Phi) is 22.9. The Morgan fingerprint density at radius 2 is 0.767 bits per heavy atom. The first kappa shape index (κ1) is 70.8. The third-order valence-electron chi connectivity index (χ3n) is 19.2. The summed E-state index contributed by atoms with van der Waals surface area (Å²) in [5.74, 6) is -1.05. The summed E-state index contributed by atoms with van der Waals surface area (Å²) in [7, 11) is -5.75. The third kappa shape index (κ3) is 17.2. The van der Waals surface area contributed by atoms with Crippen LogP contribution < -0.4 is 0 Å². The third-order valence-corrected chi connectivity index (χ3v) is 32.8. The zero-order chi connectivity index (χ0) is 64.1. The van der Waals surface area contributed by atoms with Crippen molar-refractivity contribution in [3.05, 3.63) is 144 Å². The molecule has 3 saturated heterocycles. The molecule has 0 amide bonds. The Morgan fingerprint density at radius 1 is 0.500 bits per heavy atom. The number of rotatable bonds is 15. The Labute approximate surface area is 520 Å². The van der Waals surface area contributed by atoms with Crippen LogP contribution in [0.5, 0.6) is 0 Å². The minimum atomic E-state index is -1.96. The Morgan fingerprint density at radius 3 is 1.07 bits per heavy atom. The van der Waals surface area contributed by atoms with Crippen LogP contribution in [0.1, 0.15) is 138 Å². The first-order valence-electron chi connectivity index (χ1n) is 30.0. The van der Waals surface area contributed by atoms with E-state index in [1.165, 1.54) is 0 Å². The first-order chi connectivity index (χ1) is 39.9. The van der Waals surface area contributed by atoms with Gasteiger partial charge in [0, 0.05) is 38.2 Å². The number of carbonyl (C=O) groups is 3. The van der Waals surface area contributed by atoms with E-state index >= 15 is 0 Å². The zero-order valence-electron chi connectivity index (χ0n) is 53.5. The summed E-state index contributed by atoms with van der Waals surface area (Å²) < 4.78 is 70.8. The molecule has 474 valence electrons. The van der Waals surface area contributed by atoms with E-state index in [0.717, 1.165) is 24.8 Å². The van der Waals surface area contributed by atoms with Crippen LogP contribution in [0.15, 0.2) is 127 Å². The Bertz CT molecular complexity index is 2770. The minimum absolute atomic E-state index is 0.0868. The van der Waals surface area contributed by atoms with Crippen molar-refractivity contribution in [3.8, 4) is 0 Å². The Hall–Kier alpha value is -4.26. The molecule has 3 aromatic rings. The van der Waals surface area contributed by atoms with E-state index in [1.807, 2.05) is 30.3 Å². The van der Waals surface area contributed by atoms with E-state index < -0.39 is 63.2 Å². The summed E-state index contributed by atoms with van der Waals surface area (Å²) in [6, 6.07) is 26.8. The maximum atomic E-state index is 12.2. The zero-order valence-corrected chi connectivity index (χ0v) is 58.2. The summed E-state index contributed by atoms with van der Waals surface area (Å²) in [5.41, 5.74) is 2.36. The molecule has 3 aromatic carbocycles. The summed E-state index contributed by atoms with van der Waals surface area (Å²) in [5, 5.41) is 21.5. The molecule has 3 heterocycles. The molecule has 6 aliphatic rings. The molecule has 3 saturated carbocycles. The van der Waals surface area contributed by atoms with Crippen molar-refractivity contribution in [1.82, 2.24) is 0 Å². The topological polar surface area (TPSA) is 219 Å². The number of aliphatic hydroxyl groups excluding tert-OH is 2. The fourth-order valence-electron chi connectivity index (χ4n) is 10.7. The van der Waals surface area contributed by atoms with Crippen LogP contribution in [0, 0.1) is 0 Å². The number of benzene rings is 3. The van der Waals surface area contributed by atoms with Gasteiger partial charge in [-0.25, -0.2) is 14.4 Å². The van der Waals surface area contributed by atoms with E-state index in [2.05, 4.69) is 121 Å². The van der Waals surface area contributed by atoms with Gasteiger partial charge in [-0.15, -0.1) is 0 Å². The molecule has 3 aliphatic carbocycles. The molecule has 9 rings (SSSR count). The molecular weight excluding hydrogens is 1210 g/mol. The van der Waals surface area contributed by atoms with Crippen molar-refractivity contribution in [2.45, 2.75) is 227 Å². The standard InChI is InChI=1S/2C22H32O5Si.C22H32O4Si.O2Se/c2*1-15-18(23)12-17(27-28(5,6)21(2,3)4)13-22(15)19(26-22)14-25-20(24)16-10-8-7-9-11-16;1-16-12-13-18(26-27(5,6)21(2,3)4)14-22(16)19(25-22)15-24-20(23)17-10-8-7-9-11-17;1-3-2/h2*7-11,17-19,23H,1,12-14H2,2-6H3;7-11,18-19H,1,12-15H2,2-6H3;/t17?,18-,19?,22?;;;/m0.../s1. The van der Waals surface area contributed by atoms with Crippen molar-refractivity contribution in [2.75, 3.05) is 19.8 Å². The van der Waals surface area contributed by atoms with Crippen molar-refractivity contribution in [1.29, 1.82) is 0 Å². The van der Waals surface area contributed by atoms with Crippen LogP contribution in [0.3, 0.4) is 0 Å². The van der Waals surface area contributed by atoms with E-state index in [-0.39, 0.29) is 95.1 Å². The van der Waals surface area contributed by atoms with Gasteiger partial charge in [0.1, 0.15) is 54.9 Å². The average Bonchev–Trinajstić information content (AvgIpc) is 1.77. The predicted molar refractivity (Wildman–Crippen MR) is 338 cm³/mol. The van der Waals surface area contributed by atoms with Crippen LogP contribution in [0.2, 0.25) is 54.4 Å². The van der Waals surface area contributed by atoms with Gasteiger partial charge in [-0.05, 0) is 120 Å². The number of esters is 3. The van der Waals surface area contributed by atoms with Crippen LogP contribution in [0.4, 0.5) is 0 Å². The van der Waals surface area contributed by atoms with E-state index in [0.29, 0.717) is 53.5 Å². The van der Waals surface area contributed by atoms with Crippen molar-refractivity contribution >= 4 is 57.7 Å². The molecule has 10 unspecified atom stereocenters.